The lowest BCUT2D eigenvalue weighted by molar-refractivity contribution is -0.141. The maximum atomic E-state index is 11.8. The largest absolute Gasteiger partial charge is 0.481 e. The van der Waals surface area contributed by atoms with Gasteiger partial charge in [0.25, 0.3) is 0 Å². The highest BCUT2D eigenvalue weighted by atomic mass is 32.1. The van der Waals surface area contributed by atoms with Crippen molar-refractivity contribution < 1.29 is 14.7 Å². The highest BCUT2D eigenvalue weighted by molar-refractivity contribution is 7.09. The molecule has 6 heteroatoms. The first-order chi connectivity index (χ1) is 8.13. The summed E-state index contributed by atoms with van der Waals surface area (Å²) in [6, 6.07) is -0.0770. The van der Waals surface area contributed by atoms with Crippen LogP contribution in [0.3, 0.4) is 0 Å². The molecular formula is C11H14N2O3S. The van der Waals surface area contributed by atoms with Gasteiger partial charge in [0.2, 0.25) is 5.91 Å². The predicted octanol–water partition coefficient (Wildman–Crippen LogP) is 1.53. The third-order valence-electron chi connectivity index (χ3n) is 3.01. The van der Waals surface area contributed by atoms with E-state index in [-0.39, 0.29) is 18.4 Å². The number of nitrogens with zero attached hydrogens (tertiary/aromatic N) is 2. The second-order valence-corrected chi connectivity index (χ2v) is 5.01. The molecule has 1 aromatic heterocycles. The van der Waals surface area contributed by atoms with E-state index < -0.39 is 11.9 Å². The zero-order valence-corrected chi connectivity index (χ0v) is 10.3. The van der Waals surface area contributed by atoms with Crippen molar-refractivity contribution in [1.82, 2.24) is 9.88 Å². The maximum absolute atomic E-state index is 11.8. The maximum Gasteiger partial charge on any atom is 0.308 e. The molecule has 92 valence electrons. The van der Waals surface area contributed by atoms with Crippen LogP contribution >= 0.6 is 11.3 Å². The fraction of sp³-hybridized carbons (Fsp3) is 0.545. The number of carboxylic acid groups (broad SMARTS) is 1. The van der Waals surface area contributed by atoms with E-state index in [0.29, 0.717) is 6.54 Å². The van der Waals surface area contributed by atoms with Gasteiger partial charge < -0.3 is 10.0 Å². The summed E-state index contributed by atoms with van der Waals surface area (Å²) in [6.07, 6.45) is 2.57. The van der Waals surface area contributed by atoms with E-state index in [1.165, 1.54) is 11.3 Å². The number of hydrogen-bond donors (Lipinski definition) is 1. The highest BCUT2D eigenvalue weighted by Gasteiger charge is 2.38. The van der Waals surface area contributed by atoms with Crippen LogP contribution in [0.4, 0.5) is 0 Å². The van der Waals surface area contributed by atoms with Crippen LogP contribution in [-0.2, 0) is 9.59 Å². The first-order valence-electron chi connectivity index (χ1n) is 5.55. The average molecular weight is 254 g/mol. The Hall–Kier alpha value is -1.43. The molecule has 2 heterocycles. The normalized spacial score (nSPS) is 21.8. The van der Waals surface area contributed by atoms with Gasteiger partial charge in [-0.15, -0.1) is 11.3 Å². The number of aromatic nitrogens is 1. The minimum absolute atomic E-state index is 0.0770. The lowest BCUT2D eigenvalue weighted by Gasteiger charge is -2.25. The van der Waals surface area contributed by atoms with E-state index in [1.54, 1.807) is 11.1 Å². The summed E-state index contributed by atoms with van der Waals surface area (Å²) in [7, 11) is 0. The molecule has 1 aliphatic heterocycles. The molecule has 0 radical (unpaired) electrons. The molecule has 2 rings (SSSR count). The molecule has 0 bridgehead atoms. The number of likely N-dealkylation sites (tertiary alicyclic amines) is 1. The van der Waals surface area contributed by atoms with Gasteiger partial charge in [0.15, 0.2) is 0 Å². The number of thiazole rings is 1. The van der Waals surface area contributed by atoms with E-state index in [2.05, 4.69) is 4.98 Å². The SMILES string of the molecule is CCC(c1nccs1)N1CC(C(=O)O)CC1=O. The first-order valence-corrected chi connectivity index (χ1v) is 6.43. The second kappa shape index (κ2) is 4.83. The standard InChI is InChI=1S/C11H14N2O3S/c1-2-8(10-12-3-4-17-10)13-6-7(11(15)16)5-9(13)14/h3-4,7-8H,2,5-6H2,1H3,(H,15,16). The molecule has 2 atom stereocenters. The summed E-state index contributed by atoms with van der Waals surface area (Å²) < 4.78 is 0. The summed E-state index contributed by atoms with van der Waals surface area (Å²) in [6.45, 7) is 2.28. The van der Waals surface area contributed by atoms with E-state index in [1.807, 2.05) is 12.3 Å². The monoisotopic (exact) mass is 254 g/mol. The number of hydrogen-bond acceptors (Lipinski definition) is 4. The van der Waals surface area contributed by atoms with Crippen molar-refractivity contribution in [1.29, 1.82) is 0 Å². The Morgan fingerprint density at radius 1 is 1.76 bits per heavy atom. The van der Waals surface area contributed by atoms with Crippen molar-refractivity contribution >= 4 is 23.2 Å². The zero-order chi connectivity index (χ0) is 12.4. The number of carbonyl (C=O) groups is 2. The third-order valence-corrected chi connectivity index (χ3v) is 3.88. The third kappa shape index (κ3) is 2.31. The minimum atomic E-state index is -0.894. The zero-order valence-electron chi connectivity index (χ0n) is 9.50. The van der Waals surface area contributed by atoms with Gasteiger partial charge in [-0.05, 0) is 6.42 Å². The van der Waals surface area contributed by atoms with E-state index in [4.69, 9.17) is 5.11 Å². The average Bonchev–Trinajstić information content (AvgIpc) is 2.90. The van der Waals surface area contributed by atoms with Gasteiger partial charge in [-0.3, -0.25) is 9.59 Å². The number of amides is 1. The Labute approximate surface area is 103 Å². The highest BCUT2D eigenvalue weighted by Crippen LogP contribution is 2.31. The molecule has 0 spiro atoms. The molecule has 1 fully saturated rings. The Bertz CT molecular complexity index is 418. The van der Waals surface area contributed by atoms with Crippen LogP contribution in [0.2, 0.25) is 0 Å². The van der Waals surface area contributed by atoms with Gasteiger partial charge in [0.05, 0.1) is 12.0 Å². The molecule has 1 N–H and O–H groups in total. The summed E-state index contributed by atoms with van der Waals surface area (Å²) in [5.41, 5.74) is 0. The molecule has 1 saturated heterocycles. The van der Waals surface area contributed by atoms with Crippen molar-refractivity contribution in [3.63, 3.8) is 0 Å². The lowest BCUT2D eigenvalue weighted by Crippen LogP contribution is -2.30. The molecule has 1 aliphatic rings. The van der Waals surface area contributed by atoms with Gasteiger partial charge in [-0.25, -0.2) is 4.98 Å². The molecule has 2 unspecified atom stereocenters. The Kier molecular flexibility index (Phi) is 3.42. The van der Waals surface area contributed by atoms with Gasteiger partial charge in [-0.1, -0.05) is 6.92 Å². The number of carbonyl (C=O) groups excluding carboxylic acids is 1. The van der Waals surface area contributed by atoms with Crippen LogP contribution in [0.25, 0.3) is 0 Å². The molecular weight excluding hydrogens is 240 g/mol. The van der Waals surface area contributed by atoms with Crippen LogP contribution in [0.5, 0.6) is 0 Å². The van der Waals surface area contributed by atoms with Crippen molar-refractivity contribution in [3.8, 4) is 0 Å². The topological polar surface area (TPSA) is 70.5 Å². The fourth-order valence-electron chi connectivity index (χ4n) is 2.13. The summed E-state index contributed by atoms with van der Waals surface area (Å²) in [4.78, 5) is 28.6. The van der Waals surface area contributed by atoms with Gasteiger partial charge in [0, 0.05) is 24.5 Å². The summed E-state index contributed by atoms with van der Waals surface area (Å²) in [5, 5.41) is 11.7. The van der Waals surface area contributed by atoms with Crippen LogP contribution in [0, 0.1) is 5.92 Å². The van der Waals surface area contributed by atoms with Crippen LogP contribution in [0.15, 0.2) is 11.6 Å². The molecule has 1 amide bonds. The van der Waals surface area contributed by atoms with Gasteiger partial charge in [0.1, 0.15) is 5.01 Å². The molecule has 0 saturated carbocycles. The van der Waals surface area contributed by atoms with Crippen LogP contribution in [-0.4, -0.2) is 33.4 Å². The van der Waals surface area contributed by atoms with Crippen molar-refractivity contribution in [2.75, 3.05) is 6.54 Å². The van der Waals surface area contributed by atoms with Crippen molar-refractivity contribution in [2.45, 2.75) is 25.8 Å². The van der Waals surface area contributed by atoms with E-state index in [0.717, 1.165) is 11.4 Å². The summed E-state index contributed by atoms with van der Waals surface area (Å²) >= 11 is 1.50. The van der Waals surface area contributed by atoms with Crippen molar-refractivity contribution in [3.05, 3.63) is 16.6 Å². The minimum Gasteiger partial charge on any atom is -0.481 e. The number of rotatable bonds is 4. The quantitative estimate of drug-likeness (QED) is 0.884. The predicted molar refractivity (Wildman–Crippen MR) is 62.6 cm³/mol. The van der Waals surface area contributed by atoms with Gasteiger partial charge >= 0.3 is 5.97 Å². The van der Waals surface area contributed by atoms with Crippen LogP contribution in [0.1, 0.15) is 30.8 Å². The Balaban J connectivity index is 2.16. The number of aliphatic carboxylic acids is 1. The van der Waals surface area contributed by atoms with Gasteiger partial charge in [-0.2, -0.15) is 0 Å². The first kappa shape index (κ1) is 12.0. The molecule has 0 aromatic carbocycles. The van der Waals surface area contributed by atoms with Crippen LogP contribution < -0.4 is 0 Å². The number of carboxylic acids is 1. The second-order valence-electron chi connectivity index (χ2n) is 4.08. The molecule has 17 heavy (non-hydrogen) atoms. The fourth-order valence-corrected chi connectivity index (χ4v) is 2.96. The molecule has 0 aliphatic carbocycles. The Morgan fingerprint density at radius 3 is 3.00 bits per heavy atom. The Morgan fingerprint density at radius 2 is 2.53 bits per heavy atom. The molecule has 1 aromatic rings. The van der Waals surface area contributed by atoms with E-state index >= 15 is 0 Å². The summed E-state index contributed by atoms with van der Waals surface area (Å²) in [5.74, 6) is -1.55. The smallest absolute Gasteiger partial charge is 0.308 e. The molecule has 5 nitrogen and oxygen atoms in total. The lowest BCUT2D eigenvalue weighted by atomic mass is 10.1. The van der Waals surface area contributed by atoms with Crippen molar-refractivity contribution in [2.24, 2.45) is 5.92 Å². The van der Waals surface area contributed by atoms with E-state index in [9.17, 15) is 9.59 Å².